The third-order valence-corrected chi connectivity index (χ3v) is 3.52. The molecule has 0 saturated carbocycles. The van der Waals surface area contributed by atoms with E-state index in [1.165, 1.54) is 6.33 Å². The number of tetrazole rings is 1. The molecule has 0 unspecified atom stereocenters. The summed E-state index contributed by atoms with van der Waals surface area (Å²) in [6.45, 7) is 3.41. The van der Waals surface area contributed by atoms with E-state index in [1.807, 2.05) is 29.2 Å². The first-order valence-corrected chi connectivity index (χ1v) is 6.55. The third kappa shape index (κ3) is 2.53. The Labute approximate surface area is 116 Å². The minimum Gasteiger partial charge on any atom is -0.336 e. The van der Waals surface area contributed by atoms with Crippen molar-refractivity contribution in [2.45, 2.75) is 0 Å². The summed E-state index contributed by atoms with van der Waals surface area (Å²) in [5.41, 5.74) is 1.54. The molecule has 0 radical (unpaired) electrons. The van der Waals surface area contributed by atoms with Crippen LogP contribution >= 0.6 is 0 Å². The SMILES string of the molecule is CN1CCN(C(=O)c2ccc(-n3cnnn3)cc2)CC1. The normalized spacial score (nSPS) is 16.4. The van der Waals surface area contributed by atoms with E-state index in [9.17, 15) is 4.79 Å². The van der Waals surface area contributed by atoms with Gasteiger partial charge in [0.1, 0.15) is 6.33 Å². The van der Waals surface area contributed by atoms with Gasteiger partial charge in [-0.15, -0.1) is 5.10 Å². The van der Waals surface area contributed by atoms with Crippen LogP contribution in [0.15, 0.2) is 30.6 Å². The predicted octanol–water partition coefficient (Wildman–Crippen LogP) is 0.0499. The molecule has 1 fully saturated rings. The standard InChI is InChI=1S/C13H16N6O/c1-17-6-8-18(9-7-17)13(20)11-2-4-12(5-3-11)19-10-14-15-16-19/h2-5,10H,6-9H2,1H3. The molecule has 0 spiro atoms. The maximum atomic E-state index is 12.4. The first-order chi connectivity index (χ1) is 9.74. The van der Waals surface area contributed by atoms with Crippen LogP contribution in [0.3, 0.4) is 0 Å². The number of aromatic nitrogens is 4. The van der Waals surface area contributed by atoms with Crippen molar-refractivity contribution in [1.29, 1.82) is 0 Å². The number of carbonyl (C=O) groups excluding carboxylic acids is 1. The minimum absolute atomic E-state index is 0.0846. The largest absolute Gasteiger partial charge is 0.336 e. The lowest BCUT2D eigenvalue weighted by Crippen LogP contribution is -2.47. The van der Waals surface area contributed by atoms with Crippen LogP contribution in [0.4, 0.5) is 0 Å². The highest BCUT2D eigenvalue weighted by atomic mass is 16.2. The molecule has 1 aromatic heterocycles. The number of benzene rings is 1. The van der Waals surface area contributed by atoms with E-state index in [2.05, 4.69) is 27.5 Å². The van der Waals surface area contributed by atoms with Crippen molar-refractivity contribution in [1.82, 2.24) is 30.0 Å². The van der Waals surface area contributed by atoms with Gasteiger partial charge in [-0.25, -0.2) is 4.68 Å². The van der Waals surface area contributed by atoms with E-state index in [0.29, 0.717) is 5.56 Å². The number of likely N-dealkylation sites (N-methyl/N-ethyl adjacent to an activating group) is 1. The average molecular weight is 272 g/mol. The zero-order chi connectivity index (χ0) is 13.9. The summed E-state index contributed by atoms with van der Waals surface area (Å²) in [6.07, 6.45) is 1.53. The molecule has 2 heterocycles. The van der Waals surface area contributed by atoms with Gasteiger partial charge in [0.05, 0.1) is 5.69 Å². The highest BCUT2D eigenvalue weighted by Crippen LogP contribution is 2.11. The average Bonchev–Trinajstić information content (AvgIpc) is 3.02. The molecule has 2 aromatic rings. The van der Waals surface area contributed by atoms with Crippen LogP contribution < -0.4 is 0 Å². The van der Waals surface area contributed by atoms with Crippen LogP contribution in [0, 0.1) is 0 Å². The van der Waals surface area contributed by atoms with Crippen LogP contribution in [0.2, 0.25) is 0 Å². The molecule has 0 aliphatic carbocycles. The molecule has 1 aliphatic rings. The van der Waals surface area contributed by atoms with Gasteiger partial charge in [-0.05, 0) is 41.7 Å². The van der Waals surface area contributed by atoms with Gasteiger partial charge in [-0.3, -0.25) is 4.79 Å². The Kier molecular flexibility index (Phi) is 3.42. The summed E-state index contributed by atoms with van der Waals surface area (Å²) in [5, 5.41) is 11.0. The van der Waals surface area contributed by atoms with Crippen LogP contribution in [0.25, 0.3) is 5.69 Å². The lowest BCUT2D eigenvalue weighted by Gasteiger charge is -2.32. The number of carbonyl (C=O) groups is 1. The topological polar surface area (TPSA) is 67.2 Å². The minimum atomic E-state index is 0.0846. The Morgan fingerprint density at radius 2 is 1.80 bits per heavy atom. The van der Waals surface area contributed by atoms with E-state index in [1.54, 1.807) is 4.68 Å². The van der Waals surface area contributed by atoms with Crippen LogP contribution in [0.5, 0.6) is 0 Å². The highest BCUT2D eigenvalue weighted by Gasteiger charge is 2.20. The smallest absolute Gasteiger partial charge is 0.253 e. The van der Waals surface area contributed by atoms with Crippen molar-refractivity contribution < 1.29 is 4.79 Å². The molecule has 104 valence electrons. The Bertz CT molecular complexity index is 571. The molecule has 7 nitrogen and oxygen atoms in total. The molecule has 3 rings (SSSR count). The van der Waals surface area contributed by atoms with Gasteiger partial charge in [0.15, 0.2) is 0 Å². The van der Waals surface area contributed by atoms with E-state index >= 15 is 0 Å². The molecule has 7 heteroatoms. The van der Waals surface area contributed by atoms with Crippen molar-refractivity contribution in [2.24, 2.45) is 0 Å². The Morgan fingerprint density at radius 3 is 2.40 bits per heavy atom. The zero-order valence-electron chi connectivity index (χ0n) is 11.3. The van der Waals surface area contributed by atoms with Crippen molar-refractivity contribution >= 4 is 5.91 Å². The van der Waals surface area contributed by atoms with Crippen molar-refractivity contribution in [3.8, 4) is 5.69 Å². The second-order valence-corrected chi connectivity index (χ2v) is 4.90. The summed E-state index contributed by atoms with van der Waals surface area (Å²) in [6, 6.07) is 7.33. The first-order valence-electron chi connectivity index (χ1n) is 6.55. The van der Waals surface area contributed by atoms with Crippen LogP contribution in [-0.4, -0.2) is 69.1 Å². The van der Waals surface area contributed by atoms with Gasteiger partial charge in [0.25, 0.3) is 5.91 Å². The number of piperazine rings is 1. The van der Waals surface area contributed by atoms with E-state index < -0.39 is 0 Å². The molecular weight excluding hydrogens is 256 g/mol. The summed E-state index contributed by atoms with van der Waals surface area (Å²) in [7, 11) is 2.07. The van der Waals surface area contributed by atoms with Gasteiger partial charge < -0.3 is 9.80 Å². The lowest BCUT2D eigenvalue weighted by atomic mass is 10.1. The fourth-order valence-corrected chi connectivity index (χ4v) is 2.23. The molecule has 0 atom stereocenters. The van der Waals surface area contributed by atoms with Gasteiger partial charge in [0, 0.05) is 31.7 Å². The number of hydrogen-bond acceptors (Lipinski definition) is 5. The van der Waals surface area contributed by atoms with Gasteiger partial charge in [0.2, 0.25) is 0 Å². The molecule has 0 bridgehead atoms. The van der Waals surface area contributed by atoms with Crippen molar-refractivity contribution in [3.05, 3.63) is 36.2 Å². The van der Waals surface area contributed by atoms with E-state index in [-0.39, 0.29) is 5.91 Å². The van der Waals surface area contributed by atoms with Crippen LogP contribution in [-0.2, 0) is 0 Å². The summed E-state index contributed by atoms with van der Waals surface area (Å²) < 4.78 is 1.56. The van der Waals surface area contributed by atoms with Crippen molar-refractivity contribution in [3.63, 3.8) is 0 Å². The quantitative estimate of drug-likeness (QED) is 0.773. The Hall–Kier alpha value is -2.28. The number of rotatable bonds is 2. The molecule has 0 N–H and O–H groups in total. The predicted molar refractivity (Wildman–Crippen MR) is 72.6 cm³/mol. The van der Waals surface area contributed by atoms with Gasteiger partial charge >= 0.3 is 0 Å². The zero-order valence-corrected chi connectivity index (χ0v) is 11.3. The van der Waals surface area contributed by atoms with E-state index in [4.69, 9.17) is 0 Å². The second-order valence-electron chi connectivity index (χ2n) is 4.90. The Morgan fingerprint density at radius 1 is 1.10 bits per heavy atom. The van der Waals surface area contributed by atoms with Crippen LogP contribution in [0.1, 0.15) is 10.4 Å². The number of hydrogen-bond donors (Lipinski definition) is 0. The third-order valence-electron chi connectivity index (χ3n) is 3.52. The molecular formula is C13H16N6O. The summed E-state index contributed by atoms with van der Waals surface area (Å²) >= 11 is 0. The maximum Gasteiger partial charge on any atom is 0.253 e. The fraction of sp³-hybridized carbons (Fsp3) is 0.385. The van der Waals surface area contributed by atoms with Crippen molar-refractivity contribution in [2.75, 3.05) is 33.2 Å². The van der Waals surface area contributed by atoms with E-state index in [0.717, 1.165) is 31.9 Å². The fourth-order valence-electron chi connectivity index (χ4n) is 2.23. The molecule has 20 heavy (non-hydrogen) atoms. The maximum absolute atomic E-state index is 12.4. The summed E-state index contributed by atoms with van der Waals surface area (Å²) in [4.78, 5) is 16.5. The van der Waals surface area contributed by atoms with Gasteiger partial charge in [-0.1, -0.05) is 0 Å². The monoisotopic (exact) mass is 272 g/mol. The number of amides is 1. The summed E-state index contributed by atoms with van der Waals surface area (Å²) in [5.74, 6) is 0.0846. The second kappa shape index (κ2) is 5.38. The lowest BCUT2D eigenvalue weighted by molar-refractivity contribution is 0.0664. The molecule has 1 aromatic carbocycles. The van der Waals surface area contributed by atoms with Gasteiger partial charge in [-0.2, -0.15) is 0 Å². The highest BCUT2D eigenvalue weighted by molar-refractivity contribution is 5.94. The molecule has 1 saturated heterocycles. The first kappa shape index (κ1) is 12.7. The molecule has 1 amide bonds. The molecule has 1 aliphatic heterocycles. The Balaban J connectivity index is 1.73. The number of nitrogens with zero attached hydrogens (tertiary/aromatic N) is 6.